The fourth-order valence-corrected chi connectivity index (χ4v) is 1.40. The van der Waals surface area contributed by atoms with Gasteiger partial charge in [0, 0.05) is 10.8 Å². The Morgan fingerprint density at radius 2 is 2.10 bits per heavy atom. The summed E-state index contributed by atoms with van der Waals surface area (Å²) in [6.07, 6.45) is 0. The van der Waals surface area contributed by atoms with E-state index < -0.39 is 0 Å². The predicted octanol–water partition coefficient (Wildman–Crippen LogP) is 3.08. The van der Waals surface area contributed by atoms with E-state index in [1.807, 2.05) is 19.1 Å². The van der Waals surface area contributed by atoms with Crippen molar-refractivity contribution in [3.63, 3.8) is 0 Å². The van der Waals surface area contributed by atoms with E-state index in [2.05, 4.69) is 18.7 Å². The topological polar surface area (TPSA) is 0 Å². The highest BCUT2D eigenvalue weighted by Gasteiger charge is 1.93. The predicted molar refractivity (Wildman–Crippen MR) is 48.9 cm³/mol. The van der Waals surface area contributed by atoms with Crippen LogP contribution in [0.3, 0.4) is 0 Å². The van der Waals surface area contributed by atoms with Gasteiger partial charge in [-0.15, -0.1) is 0 Å². The molecule has 0 nitrogen and oxygen atoms in total. The van der Waals surface area contributed by atoms with Gasteiger partial charge in [0.15, 0.2) is 0 Å². The summed E-state index contributed by atoms with van der Waals surface area (Å²) in [5, 5.41) is 0.795. The van der Waals surface area contributed by atoms with Crippen molar-refractivity contribution >= 4 is 24.2 Å². The second kappa shape index (κ2) is 3.31. The summed E-state index contributed by atoms with van der Waals surface area (Å²) in [6.45, 7) is 2.03. The van der Waals surface area contributed by atoms with E-state index in [-0.39, 0.29) is 0 Å². The Labute approximate surface area is 71.6 Å². The van der Waals surface area contributed by atoms with Crippen LogP contribution in [0.25, 0.3) is 0 Å². The van der Waals surface area contributed by atoms with Crippen molar-refractivity contribution in [2.75, 3.05) is 0 Å². The largest absolute Gasteiger partial charge is 0.175 e. The lowest BCUT2D eigenvalue weighted by Gasteiger charge is -1.98. The summed E-state index contributed by atoms with van der Waals surface area (Å²) in [4.78, 5) is 0. The molecule has 0 amide bonds. The van der Waals surface area contributed by atoms with E-state index in [1.54, 1.807) is 0 Å². The molecule has 0 aliphatic carbocycles. The molecule has 0 atom stereocenters. The smallest absolute Gasteiger partial charge is 0.0411 e. The molecule has 0 saturated carbocycles. The SMILES string of the molecule is Cc1cc(Cl)cc(CS)c1. The lowest BCUT2D eigenvalue weighted by Crippen LogP contribution is -1.79. The monoisotopic (exact) mass is 172 g/mol. The number of benzene rings is 1. The first-order valence-corrected chi connectivity index (χ1v) is 4.10. The van der Waals surface area contributed by atoms with Crippen molar-refractivity contribution < 1.29 is 0 Å². The standard InChI is InChI=1S/C8H9ClS/c1-6-2-7(5-10)4-8(9)3-6/h2-4,10H,5H2,1H3. The Bertz CT molecular complexity index is 212. The van der Waals surface area contributed by atoms with Crippen LogP contribution in [0.4, 0.5) is 0 Å². The average Bonchev–Trinajstić information content (AvgIpc) is 1.85. The fraction of sp³-hybridized carbons (Fsp3) is 0.250. The minimum absolute atomic E-state index is 0.751. The summed E-state index contributed by atoms with van der Waals surface area (Å²) in [7, 11) is 0. The Morgan fingerprint density at radius 3 is 2.60 bits per heavy atom. The van der Waals surface area contributed by atoms with E-state index in [0.717, 1.165) is 10.8 Å². The highest BCUT2D eigenvalue weighted by atomic mass is 35.5. The van der Waals surface area contributed by atoms with Gasteiger partial charge in [-0.05, 0) is 30.2 Å². The molecule has 1 aromatic rings. The second-order valence-corrected chi connectivity index (χ2v) is 3.05. The van der Waals surface area contributed by atoms with E-state index in [1.165, 1.54) is 11.1 Å². The first-order valence-electron chi connectivity index (χ1n) is 3.09. The van der Waals surface area contributed by atoms with Gasteiger partial charge in [0.2, 0.25) is 0 Å². The van der Waals surface area contributed by atoms with Gasteiger partial charge < -0.3 is 0 Å². The van der Waals surface area contributed by atoms with Crippen LogP contribution in [0.5, 0.6) is 0 Å². The van der Waals surface area contributed by atoms with E-state index in [4.69, 9.17) is 11.6 Å². The zero-order valence-electron chi connectivity index (χ0n) is 5.76. The van der Waals surface area contributed by atoms with Gasteiger partial charge in [0.05, 0.1) is 0 Å². The molecule has 2 heteroatoms. The van der Waals surface area contributed by atoms with Gasteiger partial charge in [-0.3, -0.25) is 0 Å². The molecule has 0 saturated heterocycles. The van der Waals surface area contributed by atoms with Gasteiger partial charge in [0.25, 0.3) is 0 Å². The maximum Gasteiger partial charge on any atom is 0.0411 e. The minimum atomic E-state index is 0.751. The van der Waals surface area contributed by atoms with Gasteiger partial charge >= 0.3 is 0 Å². The number of hydrogen-bond acceptors (Lipinski definition) is 1. The zero-order valence-corrected chi connectivity index (χ0v) is 7.41. The van der Waals surface area contributed by atoms with Crippen LogP contribution in [-0.4, -0.2) is 0 Å². The summed E-state index contributed by atoms with van der Waals surface area (Å²) in [6, 6.07) is 5.95. The van der Waals surface area contributed by atoms with Crippen molar-refractivity contribution in [1.29, 1.82) is 0 Å². The first kappa shape index (κ1) is 7.96. The minimum Gasteiger partial charge on any atom is -0.175 e. The van der Waals surface area contributed by atoms with Crippen LogP contribution in [0.15, 0.2) is 18.2 Å². The molecule has 0 aromatic heterocycles. The molecule has 1 aromatic carbocycles. The highest BCUT2D eigenvalue weighted by Crippen LogP contribution is 2.15. The average molecular weight is 173 g/mol. The van der Waals surface area contributed by atoms with Crippen LogP contribution < -0.4 is 0 Å². The molecule has 0 spiro atoms. The summed E-state index contributed by atoms with van der Waals surface area (Å²) in [5.74, 6) is 0.751. The van der Waals surface area contributed by atoms with E-state index in [0.29, 0.717) is 0 Å². The van der Waals surface area contributed by atoms with Gasteiger partial charge in [-0.2, -0.15) is 12.6 Å². The van der Waals surface area contributed by atoms with Crippen LogP contribution in [-0.2, 0) is 5.75 Å². The quantitative estimate of drug-likeness (QED) is 0.619. The molecule has 0 unspecified atom stereocenters. The summed E-state index contributed by atoms with van der Waals surface area (Å²) < 4.78 is 0. The number of rotatable bonds is 1. The molecule has 0 bridgehead atoms. The van der Waals surface area contributed by atoms with Crippen molar-refractivity contribution in [2.45, 2.75) is 12.7 Å². The van der Waals surface area contributed by atoms with Crippen molar-refractivity contribution in [3.8, 4) is 0 Å². The number of hydrogen-bond donors (Lipinski definition) is 1. The number of thiol groups is 1. The lowest BCUT2D eigenvalue weighted by molar-refractivity contribution is 1.36. The molecule has 0 heterocycles. The Kier molecular flexibility index (Phi) is 2.64. The van der Waals surface area contributed by atoms with Crippen LogP contribution >= 0.6 is 24.2 Å². The lowest BCUT2D eigenvalue weighted by atomic mass is 10.2. The molecule has 0 aliphatic heterocycles. The van der Waals surface area contributed by atoms with Gasteiger partial charge in [0.1, 0.15) is 0 Å². The van der Waals surface area contributed by atoms with Crippen molar-refractivity contribution in [2.24, 2.45) is 0 Å². The Morgan fingerprint density at radius 1 is 1.40 bits per heavy atom. The second-order valence-electron chi connectivity index (χ2n) is 2.29. The molecule has 10 heavy (non-hydrogen) atoms. The summed E-state index contributed by atoms with van der Waals surface area (Å²) in [5.41, 5.74) is 2.37. The summed E-state index contributed by atoms with van der Waals surface area (Å²) >= 11 is 9.94. The zero-order chi connectivity index (χ0) is 7.56. The molecule has 0 N–H and O–H groups in total. The third kappa shape index (κ3) is 1.93. The molecule has 1 rings (SSSR count). The third-order valence-electron chi connectivity index (χ3n) is 1.28. The molecule has 54 valence electrons. The van der Waals surface area contributed by atoms with Crippen LogP contribution in [0, 0.1) is 6.92 Å². The van der Waals surface area contributed by atoms with Gasteiger partial charge in [-0.1, -0.05) is 17.7 Å². The van der Waals surface area contributed by atoms with E-state index in [9.17, 15) is 0 Å². The maximum absolute atomic E-state index is 5.79. The third-order valence-corrected chi connectivity index (χ3v) is 1.87. The maximum atomic E-state index is 5.79. The molecule has 0 fully saturated rings. The number of aryl methyl sites for hydroxylation is 1. The first-order chi connectivity index (χ1) is 4.72. The van der Waals surface area contributed by atoms with E-state index >= 15 is 0 Å². The van der Waals surface area contributed by atoms with Crippen molar-refractivity contribution in [1.82, 2.24) is 0 Å². The normalized spacial score (nSPS) is 9.90. The fourth-order valence-electron chi connectivity index (χ4n) is 0.903. The van der Waals surface area contributed by atoms with Crippen LogP contribution in [0.1, 0.15) is 11.1 Å². The molecular weight excluding hydrogens is 164 g/mol. The Hall–Kier alpha value is -0.140. The molecule has 0 radical (unpaired) electrons. The Balaban J connectivity index is 3.06. The molecular formula is C8H9ClS. The number of halogens is 1. The van der Waals surface area contributed by atoms with Gasteiger partial charge in [-0.25, -0.2) is 0 Å². The van der Waals surface area contributed by atoms with Crippen LogP contribution in [0.2, 0.25) is 5.02 Å². The highest BCUT2D eigenvalue weighted by molar-refractivity contribution is 7.79. The van der Waals surface area contributed by atoms with Crippen molar-refractivity contribution in [3.05, 3.63) is 34.3 Å². The molecule has 0 aliphatic rings.